The predicted molar refractivity (Wildman–Crippen MR) is 115 cm³/mol. The Morgan fingerprint density at radius 1 is 1.07 bits per heavy atom. The van der Waals surface area contributed by atoms with Crippen LogP contribution < -0.4 is 10.6 Å². The Hall–Kier alpha value is -2.08. The molecule has 0 spiro atoms. The van der Waals surface area contributed by atoms with Crippen molar-refractivity contribution in [3.05, 3.63) is 35.9 Å². The molecule has 1 saturated heterocycles. The van der Waals surface area contributed by atoms with Crippen molar-refractivity contribution >= 4 is 12.1 Å². The summed E-state index contributed by atoms with van der Waals surface area (Å²) >= 11 is 0. The third-order valence-corrected chi connectivity index (χ3v) is 7.81. The van der Waals surface area contributed by atoms with Crippen molar-refractivity contribution in [2.75, 3.05) is 13.1 Å². The van der Waals surface area contributed by atoms with Crippen LogP contribution in [-0.4, -0.2) is 41.4 Å². The molecule has 4 N–H and O–H groups in total. The van der Waals surface area contributed by atoms with E-state index in [0.29, 0.717) is 5.92 Å². The molecule has 5 atom stereocenters. The Bertz CT molecular complexity index is 794. The number of carbonyl (C=O) groups is 2. The quantitative estimate of drug-likeness (QED) is 0.599. The Kier molecular flexibility index (Phi) is 5.56. The molecule has 4 unspecified atom stereocenters. The van der Waals surface area contributed by atoms with Gasteiger partial charge in [-0.1, -0.05) is 37.3 Å². The molecular formula is C24H34N2O4. The van der Waals surface area contributed by atoms with Crippen molar-refractivity contribution in [1.29, 1.82) is 0 Å². The largest absolute Gasteiger partial charge is 0.481 e. The summed E-state index contributed by atoms with van der Waals surface area (Å²) in [4.78, 5) is 22.1. The molecule has 5 fully saturated rings. The maximum atomic E-state index is 12.0. The second-order valence-electron chi connectivity index (χ2n) is 10.5. The van der Waals surface area contributed by atoms with E-state index < -0.39 is 17.5 Å². The van der Waals surface area contributed by atoms with Gasteiger partial charge in [0.15, 0.2) is 0 Å². The predicted octanol–water partition coefficient (Wildman–Crippen LogP) is 4.01. The summed E-state index contributed by atoms with van der Waals surface area (Å²) in [6.07, 6.45) is 7.35. The summed E-state index contributed by atoms with van der Waals surface area (Å²) < 4.78 is 0. The summed E-state index contributed by atoms with van der Waals surface area (Å²) in [6, 6.07) is 10.8. The number of amides is 1. The lowest BCUT2D eigenvalue weighted by atomic mass is 9.39. The number of nitrogens with one attached hydrogen (secondary N) is 2. The number of aliphatic carboxylic acids is 1. The van der Waals surface area contributed by atoms with E-state index in [1.54, 1.807) is 0 Å². The molecule has 6 heteroatoms. The fraction of sp³-hybridized carbons (Fsp3) is 0.667. The van der Waals surface area contributed by atoms with Gasteiger partial charge in [-0.15, -0.1) is 0 Å². The van der Waals surface area contributed by atoms with Gasteiger partial charge in [-0.25, -0.2) is 4.79 Å². The second kappa shape index (κ2) is 7.88. The van der Waals surface area contributed by atoms with Crippen LogP contribution in [0.15, 0.2) is 30.3 Å². The average molecular weight is 415 g/mol. The fourth-order valence-corrected chi connectivity index (χ4v) is 7.42. The first-order valence-corrected chi connectivity index (χ1v) is 11.2. The third kappa shape index (κ3) is 4.07. The van der Waals surface area contributed by atoms with Crippen molar-refractivity contribution in [2.45, 2.75) is 69.7 Å². The van der Waals surface area contributed by atoms with E-state index in [0.717, 1.165) is 45.2 Å². The molecule has 1 aliphatic heterocycles. The fourth-order valence-electron chi connectivity index (χ4n) is 7.42. The van der Waals surface area contributed by atoms with Crippen LogP contribution in [0.2, 0.25) is 0 Å². The lowest BCUT2D eigenvalue weighted by Gasteiger charge is -2.64. The van der Waals surface area contributed by atoms with Crippen molar-refractivity contribution < 1.29 is 19.8 Å². The Balaban J connectivity index is 0.000000185. The maximum Gasteiger partial charge on any atom is 0.404 e. The highest BCUT2D eigenvalue weighted by molar-refractivity contribution is 5.76. The van der Waals surface area contributed by atoms with Crippen molar-refractivity contribution in [1.82, 2.24) is 10.6 Å². The maximum absolute atomic E-state index is 12.0. The van der Waals surface area contributed by atoms with E-state index in [4.69, 9.17) is 5.11 Å². The van der Waals surface area contributed by atoms with E-state index >= 15 is 0 Å². The van der Waals surface area contributed by atoms with Gasteiger partial charge in [0.05, 0.1) is 5.41 Å². The van der Waals surface area contributed by atoms with Crippen LogP contribution in [0.4, 0.5) is 4.79 Å². The first-order chi connectivity index (χ1) is 14.2. The van der Waals surface area contributed by atoms with Crippen LogP contribution in [0.1, 0.15) is 63.9 Å². The summed E-state index contributed by atoms with van der Waals surface area (Å²) in [6.45, 7) is 4.11. The van der Waals surface area contributed by atoms with Crippen LogP contribution in [0.3, 0.4) is 0 Å². The Labute approximate surface area is 178 Å². The summed E-state index contributed by atoms with van der Waals surface area (Å²) in [5.74, 6) is 0.0562. The molecule has 6 nitrogen and oxygen atoms in total. The highest BCUT2D eigenvalue weighted by Crippen LogP contribution is 2.70. The number of piperidine rings is 1. The highest BCUT2D eigenvalue weighted by atomic mass is 16.4. The zero-order valence-corrected chi connectivity index (χ0v) is 17.8. The summed E-state index contributed by atoms with van der Waals surface area (Å²) in [7, 11) is 0. The van der Waals surface area contributed by atoms with Gasteiger partial charge in [0.25, 0.3) is 0 Å². The molecule has 4 bridgehead atoms. The number of carboxylic acid groups (broad SMARTS) is 2. The molecule has 6 rings (SSSR count). The third-order valence-electron chi connectivity index (χ3n) is 7.81. The Morgan fingerprint density at radius 3 is 2.43 bits per heavy atom. The van der Waals surface area contributed by atoms with E-state index in [1.807, 2.05) is 0 Å². The van der Waals surface area contributed by atoms with Gasteiger partial charge in [-0.05, 0) is 80.2 Å². The smallest absolute Gasteiger partial charge is 0.404 e. The van der Waals surface area contributed by atoms with Gasteiger partial charge in [-0.2, -0.15) is 0 Å². The van der Waals surface area contributed by atoms with Crippen LogP contribution in [0.5, 0.6) is 0 Å². The standard InChI is InChI=1S/C18H22O2.C6H12N2O2/c1-16-7-13-8-17(10-16,14-5-3-2-4-6-14)12-18(9-13,11-16)15(19)20;9-6(10)8-5-2-1-3-7-4-5/h2-6,13H,7-12H2,1H3,(H,19,20);5,7-8H,1-4H2,(H,9,10)/t;5-/m.0/s1. The molecule has 0 aromatic heterocycles. The van der Waals surface area contributed by atoms with E-state index in [9.17, 15) is 14.7 Å². The minimum Gasteiger partial charge on any atom is -0.481 e. The molecule has 1 aromatic carbocycles. The van der Waals surface area contributed by atoms with Gasteiger partial charge in [0.1, 0.15) is 0 Å². The number of hydrogen-bond donors (Lipinski definition) is 4. The molecule has 1 amide bonds. The molecule has 4 saturated carbocycles. The van der Waals surface area contributed by atoms with Crippen molar-refractivity contribution in [3.63, 3.8) is 0 Å². The number of benzene rings is 1. The van der Waals surface area contributed by atoms with Crippen LogP contribution in [0, 0.1) is 16.7 Å². The lowest BCUT2D eigenvalue weighted by Crippen LogP contribution is -2.60. The number of hydrogen-bond acceptors (Lipinski definition) is 3. The minimum atomic E-state index is -0.922. The number of rotatable bonds is 3. The molecule has 1 aromatic rings. The van der Waals surface area contributed by atoms with Crippen LogP contribution >= 0.6 is 0 Å². The topological polar surface area (TPSA) is 98.7 Å². The highest BCUT2D eigenvalue weighted by Gasteiger charge is 2.64. The molecule has 4 aliphatic carbocycles. The van der Waals surface area contributed by atoms with E-state index in [1.165, 1.54) is 24.8 Å². The first kappa shape index (κ1) is 21.2. The van der Waals surface area contributed by atoms with Gasteiger partial charge in [0.2, 0.25) is 0 Å². The normalized spacial score (nSPS) is 39.0. The monoisotopic (exact) mass is 414 g/mol. The van der Waals surface area contributed by atoms with Gasteiger partial charge >= 0.3 is 12.1 Å². The zero-order chi connectivity index (χ0) is 21.4. The lowest BCUT2D eigenvalue weighted by molar-refractivity contribution is -0.176. The van der Waals surface area contributed by atoms with Crippen molar-refractivity contribution in [3.8, 4) is 0 Å². The van der Waals surface area contributed by atoms with Gasteiger partial charge in [-0.3, -0.25) is 4.79 Å². The SMILES string of the molecule is CC12CC3CC(C(=O)O)(C1)CC(c1ccccc1)(C3)C2.O=C(O)N[C@H]1CCCNC1. The Morgan fingerprint density at radius 2 is 1.83 bits per heavy atom. The molecular weight excluding hydrogens is 380 g/mol. The summed E-state index contributed by atoms with van der Waals surface area (Å²) in [5, 5.41) is 23.7. The average Bonchev–Trinajstić information content (AvgIpc) is 2.68. The van der Waals surface area contributed by atoms with E-state index in [-0.39, 0.29) is 16.9 Å². The zero-order valence-electron chi connectivity index (χ0n) is 17.8. The van der Waals surface area contributed by atoms with Crippen LogP contribution in [-0.2, 0) is 10.2 Å². The first-order valence-electron chi connectivity index (χ1n) is 11.2. The molecule has 30 heavy (non-hydrogen) atoms. The summed E-state index contributed by atoms with van der Waals surface area (Å²) in [5.41, 5.74) is 1.27. The van der Waals surface area contributed by atoms with E-state index in [2.05, 4.69) is 47.9 Å². The molecule has 5 aliphatic rings. The van der Waals surface area contributed by atoms with Gasteiger partial charge in [0, 0.05) is 12.6 Å². The minimum absolute atomic E-state index is 0.117. The molecule has 0 radical (unpaired) electrons. The van der Waals surface area contributed by atoms with Crippen LogP contribution in [0.25, 0.3) is 0 Å². The number of carboxylic acids is 1. The molecule has 164 valence electrons. The molecule has 1 heterocycles. The second-order valence-corrected chi connectivity index (χ2v) is 10.5. The van der Waals surface area contributed by atoms with Gasteiger partial charge < -0.3 is 20.8 Å². The van der Waals surface area contributed by atoms with Crippen molar-refractivity contribution in [2.24, 2.45) is 16.7 Å².